The van der Waals surface area contributed by atoms with Gasteiger partial charge in [0.25, 0.3) is 0 Å². The molecule has 5 heteroatoms. The van der Waals surface area contributed by atoms with Crippen molar-refractivity contribution >= 4 is 11.9 Å². The Hall–Kier alpha value is -1.65. The smallest absolute Gasteiger partial charge is 0.328 e. The normalized spacial score (nSPS) is 11.8. The van der Waals surface area contributed by atoms with Gasteiger partial charge in [0.1, 0.15) is 6.04 Å². The minimum absolute atomic E-state index is 0.340. The molecule has 0 saturated carbocycles. The number of carbonyl (C=O) groups is 1. The van der Waals surface area contributed by atoms with Crippen LogP contribution in [0.2, 0.25) is 0 Å². The largest absolute Gasteiger partial charge is 0.467 e. The Morgan fingerprint density at radius 3 is 2.69 bits per heavy atom. The van der Waals surface area contributed by atoms with Gasteiger partial charge in [-0.05, 0) is 13.0 Å². The summed E-state index contributed by atoms with van der Waals surface area (Å²) in [5.41, 5.74) is 0. The van der Waals surface area contributed by atoms with Crippen LogP contribution in [0.5, 0.6) is 0 Å². The summed E-state index contributed by atoms with van der Waals surface area (Å²) < 4.78 is 4.53. The van der Waals surface area contributed by atoms with Crippen LogP contribution in [-0.2, 0) is 9.53 Å². The molecular weight excluding hydrogens is 170 g/mol. The number of nitrogens with one attached hydrogen (secondary N) is 1. The highest BCUT2D eigenvalue weighted by Gasteiger charge is 2.12. The molecule has 1 N–H and O–H groups in total. The maximum atomic E-state index is 11.0. The van der Waals surface area contributed by atoms with Crippen molar-refractivity contribution < 1.29 is 9.53 Å². The lowest BCUT2D eigenvalue weighted by Crippen LogP contribution is -2.27. The number of esters is 1. The lowest BCUT2D eigenvalue weighted by molar-refractivity contribution is -0.141. The van der Waals surface area contributed by atoms with Gasteiger partial charge in [0.2, 0.25) is 5.95 Å². The Morgan fingerprint density at radius 1 is 1.54 bits per heavy atom. The molecule has 0 amide bonds. The molecule has 0 radical (unpaired) electrons. The summed E-state index contributed by atoms with van der Waals surface area (Å²) >= 11 is 0. The van der Waals surface area contributed by atoms with Crippen molar-refractivity contribution in [3.63, 3.8) is 0 Å². The van der Waals surface area contributed by atoms with Crippen molar-refractivity contribution in [3.8, 4) is 0 Å². The zero-order chi connectivity index (χ0) is 9.68. The van der Waals surface area contributed by atoms with E-state index in [1.165, 1.54) is 7.11 Å². The van der Waals surface area contributed by atoms with Gasteiger partial charge in [-0.15, -0.1) is 0 Å². The lowest BCUT2D eigenvalue weighted by atomic mass is 10.3. The summed E-state index contributed by atoms with van der Waals surface area (Å²) in [5, 5.41) is 2.80. The minimum atomic E-state index is -0.438. The van der Waals surface area contributed by atoms with Gasteiger partial charge in [-0.2, -0.15) is 0 Å². The maximum absolute atomic E-state index is 11.0. The number of ether oxygens (including phenoxy) is 1. The van der Waals surface area contributed by atoms with E-state index < -0.39 is 6.04 Å². The number of hydrogen-bond donors (Lipinski definition) is 1. The highest BCUT2D eigenvalue weighted by molar-refractivity contribution is 5.77. The average Bonchev–Trinajstić information content (AvgIpc) is 2.18. The van der Waals surface area contributed by atoms with Gasteiger partial charge in [0.15, 0.2) is 0 Å². The van der Waals surface area contributed by atoms with Gasteiger partial charge in [-0.1, -0.05) is 0 Å². The fourth-order valence-corrected chi connectivity index (χ4v) is 0.803. The summed E-state index contributed by atoms with van der Waals surface area (Å²) in [6.07, 6.45) is 3.19. The second kappa shape index (κ2) is 4.39. The van der Waals surface area contributed by atoms with E-state index >= 15 is 0 Å². The predicted molar refractivity (Wildman–Crippen MR) is 47.1 cm³/mol. The van der Waals surface area contributed by atoms with Crippen LogP contribution in [0.15, 0.2) is 18.5 Å². The van der Waals surface area contributed by atoms with E-state index in [0.717, 1.165) is 0 Å². The molecule has 0 bridgehead atoms. The van der Waals surface area contributed by atoms with Gasteiger partial charge >= 0.3 is 5.97 Å². The minimum Gasteiger partial charge on any atom is -0.467 e. The molecule has 0 fully saturated rings. The van der Waals surface area contributed by atoms with Crippen LogP contribution in [0.25, 0.3) is 0 Å². The summed E-state index contributed by atoms with van der Waals surface area (Å²) in [6, 6.07) is 1.26. The monoisotopic (exact) mass is 181 g/mol. The van der Waals surface area contributed by atoms with Gasteiger partial charge in [-0.3, -0.25) is 0 Å². The molecule has 5 nitrogen and oxygen atoms in total. The summed E-state index contributed by atoms with van der Waals surface area (Å²) in [5.74, 6) is 0.0767. The summed E-state index contributed by atoms with van der Waals surface area (Å²) in [4.78, 5) is 18.8. The molecule has 1 unspecified atom stereocenters. The molecule has 1 rings (SSSR count). The quantitative estimate of drug-likeness (QED) is 0.686. The molecule has 0 aromatic carbocycles. The fourth-order valence-electron chi connectivity index (χ4n) is 0.803. The zero-order valence-electron chi connectivity index (χ0n) is 7.52. The standard InChI is InChI=1S/C8H11N3O2/c1-6(7(12)13-2)11-8-9-4-3-5-10-8/h3-6H,1-2H3,(H,9,10,11). The number of nitrogens with zero attached hydrogens (tertiary/aromatic N) is 2. The van der Waals surface area contributed by atoms with E-state index in [-0.39, 0.29) is 5.97 Å². The van der Waals surface area contributed by atoms with Gasteiger partial charge in [0, 0.05) is 12.4 Å². The molecule has 1 aromatic rings. The van der Waals surface area contributed by atoms with E-state index in [4.69, 9.17) is 0 Å². The van der Waals surface area contributed by atoms with Crippen LogP contribution in [0, 0.1) is 0 Å². The SMILES string of the molecule is COC(=O)C(C)Nc1ncccn1. The molecule has 0 aliphatic carbocycles. The number of methoxy groups -OCH3 is 1. The topological polar surface area (TPSA) is 64.1 Å². The maximum Gasteiger partial charge on any atom is 0.328 e. The fraction of sp³-hybridized carbons (Fsp3) is 0.375. The average molecular weight is 181 g/mol. The van der Waals surface area contributed by atoms with E-state index in [2.05, 4.69) is 20.0 Å². The van der Waals surface area contributed by atoms with E-state index in [1.807, 2.05) is 0 Å². The highest BCUT2D eigenvalue weighted by Crippen LogP contribution is 1.98. The molecule has 0 aliphatic heterocycles. The highest BCUT2D eigenvalue weighted by atomic mass is 16.5. The first-order valence-corrected chi connectivity index (χ1v) is 3.85. The van der Waals surface area contributed by atoms with Gasteiger partial charge < -0.3 is 10.1 Å². The van der Waals surface area contributed by atoms with Crippen LogP contribution >= 0.6 is 0 Å². The molecule has 1 atom stereocenters. The van der Waals surface area contributed by atoms with Crippen LogP contribution < -0.4 is 5.32 Å². The Labute approximate surface area is 76.2 Å². The van der Waals surface area contributed by atoms with Crippen molar-refractivity contribution in [3.05, 3.63) is 18.5 Å². The van der Waals surface area contributed by atoms with Crippen molar-refractivity contribution in [2.45, 2.75) is 13.0 Å². The van der Waals surface area contributed by atoms with Crippen molar-refractivity contribution in [1.29, 1.82) is 0 Å². The molecule has 70 valence electrons. The Kier molecular flexibility index (Phi) is 3.19. The number of aromatic nitrogens is 2. The first-order valence-electron chi connectivity index (χ1n) is 3.85. The lowest BCUT2D eigenvalue weighted by Gasteiger charge is -2.10. The molecular formula is C8H11N3O2. The molecule has 0 saturated heterocycles. The van der Waals surface area contributed by atoms with Crippen LogP contribution in [-0.4, -0.2) is 29.1 Å². The Morgan fingerprint density at radius 2 is 2.15 bits per heavy atom. The molecule has 13 heavy (non-hydrogen) atoms. The second-order valence-corrected chi connectivity index (χ2v) is 2.46. The van der Waals surface area contributed by atoms with E-state index in [1.54, 1.807) is 25.4 Å². The van der Waals surface area contributed by atoms with Crippen LogP contribution in [0.3, 0.4) is 0 Å². The zero-order valence-corrected chi connectivity index (χ0v) is 7.52. The van der Waals surface area contributed by atoms with E-state index in [9.17, 15) is 4.79 Å². The van der Waals surface area contributed by atoms with Crippen LogP contribution in [0.1, 0.15) is 6.92 Å². The van der Waals surface area contributed by atoms with Crippen molar-refractivity contribution in [1.82, 2.24) is 9.97 Å². The molecule has 1 aromatic heterocycles. The number of hydrogen-bond acceptors (Lipinski definition) is 5. The summed E-state index contributed by atoms with van der Waals surface area (Å²) in [7, 11) is 1.34. The Bertz CT molecular complexity index is 276. The second-order valence-electron chi connectivity index (χ2n) is 2.46. The van der Waals surface area contributed by atoms with Crippen molar-refractivity contribution in [2.24, 2.45) is 0 Å². The van der Waals surface area contributed by atoms with E-state index in [0.29, 0.717) is 5.95 Å². The van der Waals surface area contributed by atoms with Crippen LogP contribution in [0.4, 0.5) is 5.95 Å². The first kappa shape index (κ1) is 9.44. The number of rotatable bonds is 3. The number of anilines is 1. The predicted octanol–water partition coefficient (Wildman–Crippen LogP) is 0.450. The number of carbonyl (C=O) groups excluding carboxylic acids is 1. The third kappa shape index (κ3) is 2.70. The van der Waals surface area contributed by atoms with Gasteiger partial charge in [0.05, 0.1) is 7.11 Å². The molecule has 1 heterocycles. The molecule has 0 spiro atoms. The third-order valence-electron chi connectivity index (χ3n) is 1.47. The third-order valence-corrected chi connectivity index (χ3v) is 1.47. The van der Waals surface area contributed by atoms with Gasteiger partial charge in [-0.25, -0.2) is 14.8 Å². The van der Waals surface area contributed by atoms with Crippen molar-refractivity contribution in [2.75, 3.05) is 12.4 Å². The Balaban J connectivity index is 2.55. The summed E-state index contributed by atoms with van der Waals surface area (Å²) in [6.45, 7) is 1.68. The first-order chi connectivity index (χ1) is 6.24. The molecule has 0 aliphatic rings.